The first kappa shape index (κ1) is 16.5. The number of aromatic hydroxyl groups is 2. The van der Waals surface area contributed by atoms with E-state index in [-0.39, 0.29) is 22.8 Å². The van der Waals surface area contributed by atoms with Crippen molar-refractivity contribution in [3.05, 3.63) is 56.7 Å². The Morgan fingerprint density at radius 3 is 2.46 bits per heavy atom. The fourth-order valence-electron chi connectivity index (χ4n) is 2.24. The fraction of sp³-hybridized carbons (Fsp3) is 0.0588. The van der Waals surface area contributed by atoms with E-state index in [0.29, 0.717) is 15.6 Å². The largest absolute Gasteiger partial charge is 0.507 e. The maximum absolute atomic E-state index is 12.2. The van der Waals surface area contributed by atoms with Crippen LogP contribution < -0.4 is 0 Å². The minimum Gasteiger partial charge on any atom is -0.507 e. The number of hydrogen-bond acceptors (Lipinski definition) is 6. The number of rotatable bonds is 4. The van der Waals surface area contributed by atoms with Gasteiger partial charge in [-0.15, -0.1) is 11.3 Å². The van der Waals surface area contributed by atoms with E-state index in [1.54, 1.807) is 36.4 Å². The first-order valence-corrected chi connectivity index (χ1v) is 8.47. The van der Waals surface area contributed by atoms with Crippen LogP contribution in [0.3, 0.4) is 0 Å². The van der Waals surface area contributed by atoms with Crippen LogP contribution in [0, 0.1) is 0 Å². The van der Waals surface area contributed by atoms with E-state index in [0.717, 1.165) is 9.85 Å². The van der Waals surface area contributed by atoms with Gasteiger partial charge in [-0.05, 0) is 34.1 Å². The summed E-state index contributed by atoms with van der Waals surface area (Å²) in [4.78, 5) is 24.6. The average molecular weight is 407 g/mol. The number of benzene rings is 2. The van der Waals surface area contributed by atoms with Crippen LogP contribution >= 0.6 is 27.3 Å². The molecular formula is C17H11BrO5S. The third kappa shape index (κ3) is 3.13. The van der Waals surface area contributed by atoms with E-state index in [1.165, 1.54) is 11.3 Å². The standard InChI is InChI=1S/C17H11BrO5S/c18-15-6-5-14(24-15)13(20)8-23-17(22)11-7-12(19)9-3-1-2-4-10(9)16(11)21/h1-7,19,21H,8H2. The molecule has 0 saturated carbocycles. The molecule has 0 spiro atoms. The van der Waals surface area contributed by atoms with Crippen molar-refractivity contribution < 1.29 is 24.5 Å². The number of ketones is 1. The van der Waals surface area contributed by atoms with E-state index in [1.807, 2.05) is 0 Å². The van der Waals surface area contributed by atoms with Gasteiger partial charge < -0.3 is 14.9 Å². The predicted octanol–water partition coefficient (Wildman–Crippen LogP) is 4.11. The number of esters is 1. The Hall–Kier alpha value is -2.38. The minimum absolute atomic E-state index is 0.149. The number of phenols is 2. The van der Waals surface area contributed by atoms with Crippen molar-refractivity contribution in [1.82, 2.24) is 0 Å². The van der Waals surface area contributed by atoms with Gasteiger partial charge in [0.15, 0.2) is 6.61 Å². The molecule has 0 fully saturated rings. The number of ether oxygens (including phenoxy) is 1. The summed E-state index contributed by atoms with van der Waals surface area (Å²) in [5, 5.41) is 21.0. The topological polar surface area (TPSA) is 83.8 Å². The summed E-state index contributed by atoms with van der Waals surface area (Å²) in [6.07, 6.45) is 0. The maximum atomic E-state index is 12.2. The van der Waals surface area contributed by atoms with Crippen molar-refractivity contribution in [3.8, 4) is 11.5 Å². The highest BCUT2D eigenvalue weighted by Crippen LogP contribution is 2.35. The number of fused-ring (bicyclic) bond motifs is 1. The smallest absolute Gasteiger partial charge is 0.342 e. The number of thiophene rings is 1. The third-order valence-electron chi connectivity index (χ3n) is 3.40. The second-order valence-corrected chi connectivity index (χ2v) is 7.40. The van der Waals surface area contributed by atoms with Crippen LogP contribution in [0.5, 0.6) is 11.5 Å². The van der Waals surface area contributed by atoms with Crippen molar-refractivity contribution in [2.24, 2.45) is 0 Å². The molecule has 3 aromatic rings. The molecule has 0 aliphatic heterocycles. The lowest BCUT2D eigenvalue weighted by Crippen LogP contribution is -2.13. The molecule has 0 unspecified atom stereocenters. The third-order valence-corrected chi connectivity index (χ3v) is 5.06. The normalized spacial score (nSPS) is 10.7. The second-order valence-electron chi connectivity index (χ2n) is 4.94. The lowest BCUT2D eigenvalue weighted by Gasteiger charge is -2.09. The summed E-state index contributed by atoms with van der Waals surface area (Å²) in [5.74, 6) is -1.66. The van der Waals surface area contributed by atoms with Gasteiger partial charge in [0.2, 0.25) is 5.78 Å². The zero-order valence-electron chi connectivity index (χ0n) is 12.2. The van der Waals surface area contributed by atoms with Gasteiger partial charge in [0.05, 0.1) is 8.66 Å². The van der Waals surface area contributed by atoms with Crippen molar-refractivity contribution in [2.45, 2.75) is 0 Å². The lowest BCUT2D eigenvalue weighted by molar-refractivity contribution is 0.0473. The van der Waals surface area contributed by atoms with Gasteiger partial charge in [-0.25, -0.2) is 4.79 Å². The lowest BCUT2D eigenvalue weighted by atomic mass is 10.0. The van der Waals surface area contributed by atoms with Crippen LogP contribution in [0.2, 0.25) is 0 Å². The highest BCUT2D eigenvalue weighted by atomic mass is 79.9. The number of hydrogen-bond donors (Lipinski definition) is 2. The molecule has 3 rings (SSSR count). The summed E-state index contributed by atoms with van der Waals surface area (Å²) in [7, 11) is 0. The molecular weight excluding hydrogens is 396 g/mol. The maximum Gasteiger partial charge on any atom is 0.342 e. The molecule has 2 N–H and O–H groups in total. The summed E-state index contributed by atoms with van der Waals surface area (Å²) in [5.41, 5.74) is -0.189. The molecule has 1 heterocycles. The molecule has 0 saturated heterocycles. The summed E-state index contributed by atoms with van der Waals surface area (Å²) < 4.78 is 5.77. The van der Waals surface area contributed by atoms with Crippen molar-refractivity contribution in [1.29, 1.82) is 0 Å². The van der Waals surface area contributed by atoms with Crippen molar-refractivity contribution >= 4 is 49.8 Å². The SMILES string of the molecule is O=C(COC(=O)c1cc(O)c2ccccc2c1O)c1ccc(Br)s1. The molecule has 7 heteroatoms. The monoisotopic (exact) mass is 406 g/mol. The summed E-state index contributed by atoms with van der Waals surface area (Å²) in [6.45, 7) is -0.446. The molecule has 2 aromatic carbocycles. The quantitative estimate of drug-likeness (QED) is 0.386. The van der Waals surface area contributed by atoms with Crippen LogP contribution in [-0.2, 0) is 4.74 Å². The molecule has 122 valence electrons. The first-order valence-electron chi connectivity index (χ1n) is 6.86. The molecule has 0 bridgehead atoms. The van der Waals surface area contributed by atoms with E-state index in [4.69, 9.17) is 4.74 Å². The van der Waals surface area contributed by atoms with Crippen LogP contribution in [0.4, 0.5) is 0 Å². The zero-order valence-corrected chi connectivity index (χ0v) is 14.6. The molecule has 24 heavy (non-hydrogen) atoms. The molecule has 5 nitrogen and oxygen atoms in total. The Balaban J connectivity index is 1.81. The number of carbonyl (C=O) groups is 2. The Bertz CT molecular complexity index is 947. The van der Waals surface area contributed by atoms with Crippen molar-refractivity contribution in [3.63, 3.8) is 0 Å². The molecule has 0 amide bonds. The first-order chi connectivity index (χ1) is 11.5. The van der Waals surface area contributed by atoms with Crippen LogP contribution in [0.15, 0.2) is 46.3 Å². The van der Waals surface area contributed by atoms with Gasteiger partial charge in [0.1, 0.15) is 17.1 Å². The molecule has 1 aromatic heterocycles. The molecule has 0 aliphatic rings. The van der Waals surface area contributed by atoms with E-state index in [9.17, 15) is 19.8 Å². The number of phenolic OH excluding ortho intramolecular Hbond substituents is 2. The van der Waals surface area contributed by atoms with Crippen LogP contribution in [0.25, 0.3) is 10.8 Å². The van der Waals surface area contributed by atoms with Gasteiger partial charge >= 0.3 is 5.97 Å². The minimum atomic E-state index is -0.877. The highest BCUT2D eigenvalue weighted by molar-refractivity contribution is 9.11. The van der Waals surface area contributed by atoms with Gasteiger partial charge in [0, 0.05) is 10.8 Å². The van der Waals surface area contributed by atoms with Gasteiger partial charge in [-0.2, -0.15) is 0 Å². The Labute approximate surface area is 149 Å². The fourth-order valence-corrected chi connectivity index (χ4v) is 3.55. The average Bonchev–Trinajstić information content (AvgIpc) is 3.02. The molecule has 0 aliphatic carbocycles. The Morgan fingerprint density at radius 1 is 1.08 bits per heavy atom. The van der Waals surface area contributed by atoms with Crippen LogP contribution in [-0.4, -0.2) is 28.6 Å². The van der Waals surface area contributed by atoms with E-state index < -0.39 is 12.6 Å². The zero-order chi connectivity index (χ0) is 17.3. The second kappa shape index (κ2) is 6.62. The van der Waals surface area contributed by atoms with E-state index >= 15 is 0 Å². The predicted molar refractivity (Wildman–Crippen MR) is 93.9 cm³/mol. The highest BCUT2D eigenvalue weighted by Gasteiger charge is 2.19. The van der Waals surface area contributed by atoms with E-state index in [2.05, 4.69) is 15.9 Å². The van der Waals surface area contributed by atoms with Crippen molar-refractivity contribution in [2.75, 3.05) is 6.61 Å². The number of carbonyl (C=O) groups excluding carboxylic acids is 2. The van der Waals surface area contributed by atoms with Gasteiger partial charge in [-0.3, -0.25) is 4.79 Å². The molecule has 0 atom stereocenters. The van der Waals surface area contributed by atoms with Gasteiger partial charge in [0.25, 0.3) is 0 Å². The summed E-state index contributed by atoms with van der Waals surface area (Å²) >= 11 is 4.49. The Kier molecular flexibility index (Phi) is 4.55. The molecule has 0 radical (unpaired) electrons. The van der Waals surface area contributed by atoms with Gasteiger partial charge in [-0.1, -0.05) is 24.3 Å². The Morgan fingerprint density at radius 2 is 1.79 bits per heavy atom. The van der Waals surface area contributed by atoms with Crippen LogP contribution in [0.1, 0.15) is 20.0 Å². The number of halogens is 1. The summed E-state index contributed by atoms with van der Waals surface area (Å²) in [6, 6.07) is 11.1. The number of Topliss-reactive ketones (excluding diaryl/α,β-unsaturated/α-hetero) is 1.